The Bertz CT molecular complexity index is 1200. The number of nitrogens with one attached hydrogen (secondary N) is 1. The predicted molar refractivity (Wildman–Crippen MR) is 127 cm³/mol. The first-order valence-electron chi connectivity index (χ1n) is 11.7. The van der Waals surface area contributed by atoms with Crippen molar-refractivity contribution in [3.8, 4) is 0 Å². The Morgan fingerprint density at radius 3 is 2.28 bits per heavy atom. The summed E-state index contributed by atoms with van der Waals surface area (Å²) in [4.78, 5) is 33.8. The molecule has 1 saturated heterocycles. The molecule has 2 amide bonds. The van der Waals surface area contributed by atoms with Crippen LogP contribution in [0.1, 0.15) is 51.1 Å². The molecular weight excluding hydrogens is 398 g/mol. The molecule has 2 aromatic carbocycles. The second kappa shape index (κ2) is 8.12. The van der Waals surface area contributed by atoms with Crippen LogP contribution in [0, 0.1) is 26.7 Å². The van der Waals surface area contributed by atoms with Crippen LogP contribution < -0.4 is 0 Å². The van der Waals surface area contributed by atoms with Gasteiger partial charge in [-0.05, 0) is 67.9 Å². The van der Waals surface area contributed by atoms with Crippen LogP contribution in [0.5, 0.6) is 0 Å². The van der Waals surface area contributed by atoms with Crippen LogP contribution in [0.2, 0.25) is 0 Å². The van der Waals surface area contributed by atoms with E-state index in [1.165, 1.54) is 16.7 Å². The third-order valence-electron chi connectivity index (χ3n) is 7.41. The zero-order chi connectivity index (χ0) is 22.4. The smallest absolute Gasteiger partial charge is 0.270 e. The number of fused-ring (bicyclic) bond motifs is 2. The van der Waals surface area contributed by atoms with Gasteiger partial charge in [0.25, 0.3) is 5.91 Å². The van der Waals surface area contributed by atoms with E-state index in [9.17, 15) is 9.59 Å². The standard InChI is InChI=1S/C27H31N3O2/c1-17-8-9-18(2)24-23(17)19(3)25(28-24)27(32)29-13-11-21(12-14-29)26(31)30-15-10-20-6-4-5-7-22(20)16-30/h4-9,21,28H,10-16H2,1-3H3. The Morgan fingerprint density at radius 1 is 0.875 bits per heavy atom. The van der Waals surface area contributed by atoms with Crippen molar-refractivity contribution in [2.24, 2.45) is 5.92 Å². The van der Waals surface area contributed by atoms with Crippen LogP contribution in [-0.2, 0) is 17.8 Å². The van der Waals surface area contributed by atoms with Gasteiger partial charge in [-0.25, -0.2) is 0 Å². The van der Waals surface area contributed by atoms with Crippen LogP contribution in [0.15, 0.2) is 36.4 Å². The minimum absolute atomic E-state index is 0.0117. The fraction of sp³-hybridized carbons (Fsp3) is 0.407. The van der Waals surface area contributed by atoms with Gasteiger partial charge >= 0.3 is 0 Å². The first-order chi connectivity index (χ1) is 15.4. The van der Waals surface area contributed by atoms with Crippen molar-refractivity contribution in [1.82, 2.24) is 14.8 Å². The SMILES string of the molecule is Cc1ccc(C)c2c(C)c(C(=O)N3CCC(C(=O)N4CCc5ccccc5C4)CC3)[nH]c12. The molecule has 3 aromatic rings. The van der Waals surface area contributed by atoms with Gasteiger partial charge < -0.3 is 14.8 Å². The van der Waals surface area contributed by atoms with Gasteiger partial charge in [-0.2, -0.15) is 0 Å². The minimum Gasteiger partial charge on any atom is -0.350 e. The van der Waals surface area contributed by atoms with Crippen molar-refractivity contribution < 1.29 is 9.59 Å². The van der Waals surface area contributed by atoms with Gasteiger partial charge in [0.15, 0.2) is 0 Å². The Labute approximate surface area is 189 Å². The van der Waals surface area contributed by atoms with E-state index in [4.69, 9.17) is 0 Å². The van der Waals surface area contributed by atoms with Crippen LogP contribution in [0.3, 0.4) is 0 Å². The number of hydrogen-bond acceptors (Lipinski definition) is 2. The third-order valence-corrected chi connectivity index (χ3v) is 7.41. The Kier molecular flexibility index (Phi) is 5.28. The number of aryl methyl sites for hydroxylation is 3. The molecule has 1 aromatic heterocycles. The summed E-state index contributed by atoms with van der Waals surface area (Å²) in [6.07, 6.45) is 2.40. The van der Waals surface area contributed by atoms with E-state index < -0.39 is 0 Å². The maximum absolute atomic E-state index is 13.3. The van der Waals surface area contributed by atoms with Gasteiger partial charge in [0.1, 0.15) is 5.69 Å². The predicted octanol–water partition coefficient (Wildman–Crippen LogP) is 4.53. The highest BCUT2D eigenvalue weighted by Gasteiger charge is 2.32. The third kappa shape index (κ3) is 3.50. The Hall–Kier alpha value is -3.08. The molecule has 1 fully saturated rings. The average Bonchev–Trinajstić information content (AvgIpc) is 3.18. The number of benzene rings is 2. The molecule has 0 aliphatic carbocycles. The normalized spacial score (nSPS) is 17.0. The molecule has 2 aliphatic heterocycles. The fourth-order valence-electron chi connectivity index (χ4n) is 5.44. The van der Waals surface area contributed by atoms with E-state index in [0.29, 0.717) is 25.3 Å². The van der Waals surface area contributed by atoms with Gasteiger partial charge in [0.2, 0.25) is 5.91 Å². The van der Waals surface area contributed by atoms with Crippen molar-refractivity contribution in [1.29, 1.82) is 0 Å². The number of hydrogen-bond donors (Lipinski definition) is 1. The highest BCUT2D eigenvalue weighted by molar-refractivity contribution is 6.02. The highest BCUT2D eigenvalue weighted by atomic mass is 16.2. The average molecular weight is 430 g/mol. The van der Waals surface area contributed by atoms with E-state index in [0.717, 1.165) is 47.8 Å². The molecule has 0 radical (unpaired) electrons. The lowest BCUT2D eigenvalue weighted by Crippen LogP contribution is -2.45. The molecule has 0 atom stereocenters. The van der Waals surface area contributed by atoms with Crippen molar-refractivity contribution >= 4 is 22.7 Å². The Morgan fingerprint density at radius 2 is 1.56 bits per heavy atom. The van der Waals surface area contributed by atoms with Crippen LogP contribution in [0.4, 0.5) is 0 Å². The van der Waals surface area contributed by atoms with Gasteiger partial charge in [0, 0.05) is 43.0 Å². The molecule has 166 valence electrons. The lowest BCUT2D eigenvalue weighted by molar-refractivity contribution is -0.137. The zero-order valence-electron chi connectivity index (χ0n) is 19.2. The number of nitrogens with zero attached hydrogens (tertiary/aromatic N) is 2. The number of aromatic nitrogens is 1. The van der Waals surface area contributed by atoms with Crippen LogP contribution in [0.25, 0.3) is 10.9 Å². The quantitative estimate of drug-likeness (QED) is 0.651. The molecular formula is C27H31N3O2. The van der Waals surface area contributed by atoms with Crippen molar-refractivity contribution in [3.05, 3.63) is 69.9 Å². The number of piperidine rings is 1. The molecule has 0 unspecified atom stereocenters. The molecule has 0 spiro atoms. The van der Waals surface area contributed by atoms with Crippen molar-refractivity contribution in [2.45, 2.75) is 46.6 Å². The Balaban J connectivity index is 1.26. The number of rotatable bonds is 2. The molecule has 2 aliphatic rings. The highest BCUT2D eigenvalue weighted by Crippen LogP contribution is 2.30. The maximum Gasteiger partial charge on any atom is 0.270 e. The molecule has 1 N–H and O–H groups in total. The molecule has 0 bridgehead atoms. The van der Waals surface area contributed by atoms with Gasteiger partial charge in [-0.15, -0.1) is 0 Å². The summed E-state index contributed by atoms with van der Waals surface area (Å²) in [5.41, 5.74) is 7.73. The van der Waals surface area contributed by atoms with E-state index in [2.05, 4.69) is 49.2 Å². The summed E-state index contributed by atoms with van der Waals surface area (Å²) in [7, 11) is 0. The van der Waals surface area contributed by atoms with Gasteiger partial charge in [-0.1, -0.05) is 36.4 Å². The first-order valence-corrected chi connectivity index (χ1v) is 11.7. The minimum atomic E-state index is 0.0117. The molecule has 32 heavy (non-hydrogen) atoms. The molecule has 3 heterocycles. The summed E-state index contributed by atoms with van der Waals surface area (Å²) in [5, 5.41) is 1.16. The first kappa shape index (κ1) is 20.8. The van der Waals surface area contributed by atoms with Crippen LogP contribution >= 0.6 is 0 Å². The fourth-order valence-corrected chi connectivity index (χ4v) is 5.44. The van der Waals surface area contributed by atoms with Crippen molar-refractivity contribution in [3.63, 3.8) is 0 Å². The largest absolute Gasteiger partial charge is 0.350 e. The summed E-state index contributed by atoms with van der Waals surface area (Å²) >= 11 is 0. The number of amides is 2. The number of H-pyrrole nitrogens is 1. The number of likely N-dealkylation sites (tertiary alicyclic amines) is 1. The molecule has 0 saturated carbocycles. The van der Waals surface area contributed by atoms with E-state index in [-0.39, 0.29) is 17.7 Å². The van der Waals surface area contributed by atoms with Crippen LogP contribution in [-0.4, -0.2) is 46.2 Å². The van der Waals surface area contributed by atoms with Gasteiger partial charge in [-0.3, -0.25) is 9.59 Å². The van der Waals surface area contributed by atoms with E-state index in [1.54, 1.807) is 0 Å². The maximum atomic E-state index is 13.3. The summed E-state index contributed by atoms with van der Waals surface area (Å²) in [5.74, 6) is 0.313. The summed E-state index contributed by atoms with van der Waals surface area (Å²) in [6, 6.07) is 12.6. The monoisotopic (exact) mass is 429 g/mol. The van der Waals surface area contributed by atoms with Crippen molar-refractivity contribution in [2.75, 3.05) is 19.6 Å². The number of carbonyl (C=O) groups excluding carboxylic acids is 2. The second-order valence-corrected chi connectivity index (χ2v) is 9.42. The summed E-state index contributed by atoms with van der Waals surface area (Å²) < 4.78 is 0. The molecule has 5 rings (SSSR count). The molecule has 5 nitrogen and oxygen atoms in total. The van der Waals surface area contributed by atoms with Gasteiger partial charge in [0.05, 0.1) is 0 Å². The topological polar surface area (TPSA) is 56.4 Å². The van der Waals surface area contributed by atoms with E-state index in [1.807, 2.05) is 22.8 Å². The van der Waals surface area contributed by atoms with E-state index >= 15 is 0 Å². The lowest BCUT2D eigenvalue weighted by atomic mass is 9.92. The molecule has 5 heteroatoms. The number of carbonyl (C=O) groups is 2. The lowest BCUT2D eigenvalue weighted by Gasteiger charge is -2.36. The summed E-state index contributed by atoms with van der Waals surface area (Å²) in [6.45, 7) is 8.96. The zero-order valence-corrected chi connectivity index (χ0v) is 19.2. The number of aromatic amines is 1. The second-order valence-electron chi connectivity index (χ2n) is 9.42.